The van der Waals surface area contributed by atoms with Crippen LogP contribution in [-0.2, 0) is 4.79 Å². The van der Waals surface area contributed by atoms with Gasteiger partial charge in [0.15, 0.2) is 11.6 Å². The summed E-state index contributed by atoms with van der Waals surface area (Å²) in [7, 11) is 0. The molecule has 2 aromatic carbocycles. The fraction of sp³-hybridized carbons (Fsp3) is 0.472. The van der Waals surface area contributed by atoms with Gasteiger partial charge in [-0.1, -0.05) is 76.9 Å². The zero-order valence-corrected chi connectivity index (χ0v) is 39.8. The molecule has 0 radical (unpaired) electrons. The SMILES string of the molecule is C.C.NC1CCC(Nc2nccc(Nc3cc(C4CCCC4)[nH]n3)n2)CC1.O=C(CC1CCC(Nc2nccc(Nc3cc(C4CCCC4)[nH]n3)n2)CC1)Oc1ccccc1.O=C(Cl)Oc1ccccc1. The molecule has 4 aliphatic carbocycles. The maximum atomic E-state index is 12.2. The van der Waals surface area contributed by atoms with Crippen molar-refractivity contribution in [1.82, 2.24) is 40.3 Å². The third-order valence-electron chi connectivity index (χ3n) is 13.3. The van der Waals surface area contributed by atoms with E-state index in [4.69, 9.17) is 22.1 Å². The van der Waals surface area contributed by atoms with Gasteiger partial charge in [-0.25, -0.2) is 14.8 Å². The molecule has 0 saturated heterocycles. The molecule has 71 heavy (non-hydrogen) atoms. The topological polar surface area (TPSA) is 236 Å². The minimum atomic E-state index is -0.814. The van der Waals surface area contributed by atoms with E-state index in [-0.39, 0.29) is 20.8 Å². The first-order chi connectivity index (χ1) is 33.8. The molecule has 4 saturated carbocycles. The molecule has 18 heteroatoms. The maximum Gasteiger partial charge on any atom is 0.409 e. The first-order valence-electron chi connectivity index (χ1n) is 24.5. The van der Waals surface area contributed by atoms with Crippen LogP contribution in [0, 0.1) is 5.92 Å². The molecule has 6 aromatic rings. The summed E-state index contributed by atoms with van der Waals surface area (Å²) in [4.78, 5) is 40.3. The number of hydrogen-bond donors (Lipinski definition) is 7. The van der Waals surface area contributed by atoms with Crippen LogP contribution < -0.4 is 36.5 Å². The monoisotopic (exact) mass is 990 g/mol. The van der Waals surface area contributed by atoms with E-state index in [1.54, 1.807) is 36.7 Å². The second-order valence-corrected chi connectivity index (χ2v) is 18.7. The van der Waals surface area contributed by atoms with Crippen LogP contribution in [0.5, 0.6) is 11.5 Å². The zero-order valence-electron chi connectivity index (χ0n) is 39.0. The molecule has 10 rings (SSSR count). The number of H-pyrrole nitrogens is 2. The predicted molar refractivity (Wildman–Crippen MR) is 282 cm³/mol. The number of aromatic amines is 2. The second-order valence-electron chi connectivity index (χ2n) is 18.4. The fourth-order valence-corrected chi connectivity index (χ4v) is 9.66. The van der Waals surface area contributed by atoms with Gasteiger partial charge in [-0.05, 0) is 119 Å². The quantitative estimate of drug-likeness (QED) is 0.0305. The Bertz CT molecular complexity index is 2480. The number of anilines is 6. The molecule has 4 fully saturated rings. The zero-order chi connectivity index (χ0) is 47.6. The Morgan fingerprint density at radius 3 is 1.46 bits per heavy atom. The van der Waals surface area contributed by atoms with E-state index in [2.05, 4.69) is 78.5 Å². The standard InChI is InChI=1S/C26H32N6O2.C18H27N7.C7H5ClO2.2CH4/c33-25(34-21-8-2-1-3-9-21)16-18-10-12-20(13-11-18)28-26-27-15-14-23(30-26)29-24-17-22(31-32-24)19-6-4-5-7-19;19-13-5-7-14(8-6-13)21-18-20-10-9-16(23-18)22-17-11-15(24-25-17)12-3-1-2-4-12;8-7(9)10-6-4-2-1-3-5-6;;/h1-3,8-9,14-15,17-20H,4-7,10-13,16H2,(H3,27,28,29,30,31,32);9-14H,1-8,19H2,(H3,20,21,22,23,24,25);1-5H;2*1H4. The molecular formula is C53H72ClN13O4. The second kappa shape index (κ2) is 27.7. The summed E-state index contributed by atoms with van der Waals surface area (Å²) in [5.41, 5.74) is 7.59. The number of hydrogen-bond acceptors (Lipinski definition) is 15. The minimum absolute atomic E-state index is 0. The Morgan fingerprint density at radius 1 is 0.577 bits per heavy atom. The number of ether oxygens (including phenoxy) is 2. The van der Waals surface area contributed by atoms with Crippen molar-refractivity contribution in [2.45, 2.75) is 154 Å². The van der Waals surface area contributed by atoms with Crippen LogP contribution in [-0.4, -0.2) is 69.9 Å². The van der Waals surface area contributed by atoms with E-state index in [9.17, 15) is 9.59 Å². The number of nitrogens with two attached hydrogens (primary N) is 1. The molecule has 0 atom stereocenters. The summed E-state index contributed by atoms with van der Waals surface area (Å²) in [6.45, 7) is 0. The first kappa shape index (κ1) is 53.8. The van der Waals surface area contributed by atoms with Crippen LogP contribution in [0.1, 0.15) is 147 Å². The Balaban J connectivity index is 0.000000195. The van der Waals surface area contributed by atoms with Gasteiger partial charge in [-0.3, -0.25) is 15.0 Å². The highest BCUT2D eigenvalue weighted by Gasteiger charge is 2.25. The molecule has 4 aliphatic rings. The van der Waals surface area contributed by atoms with E-state index < -0.39 is 5.43 Å². The maximum absolute atomic E-state index is 12.2. The van der Waals surface area contributed by atoms with Crippen molar-refractivity contribution < 1.29 is 19.1 Å². The van der Waals surface area contributed by atoms with Gasteiger partial charge < -0.3 is 36.5 Å². The number of rotatable bonds is 14. The van der Waals surface area contributed by atoms with Crippen LogP contribution in [0.4, 0.5) is 40.0 Å². The molecule has 17 nitrogen and oxygen atoms in total. The highest BCUT2D eigenvalue weighted by Crippen LogP contribution is 2.35. The lowest BCUT2D eigenvalue weighted by atomic mass is 9.84. The van der Waals surface area contributed by atoms with Crippen molar-refractivity contribution in [3.8, 4) is 11.5 Å². The summed E-state index contributed by atoms with van der Waals surface area (Å²) in [6, 6.07) is 26.9. The Kier molecular flexibility index (Phi) is 21.0. The molecule has 0 unspecified atom stereocenters. The van der Waals surface area contributed by atoms with E-state index in [0.29, 0.717) is 65.7 Å². The van der Waals surface area contributed by atoms with Crippen molar-refractivity contribution in [2.24, 2.45) is 11.7 Å². The van der Waals surface area contributed by atoms with Gasteiger partial charge in [-0.2, -0.15) is 20.2 Å². The summed E-state index contributed by atoms with van der Waals surface area (Å²) in [5, 5.41) is 28.6. The number of para-hydroxylation sites is 2. The smallest absolute Gasteiger partial charge is 0.409 e. The number of halogens is 1. The highest BCUT2D eigenvalue weighted by molar-refractivity contribution is 6.61. The van der Waals surface area contributed by atoms with Crippen molar-refractivity contribution in [3.63, 3.8) is 0 Å². The summed E-state index contributed by atoms with van der Waals surface area (Å²) < 4.78 is 9.98. The Morgan fingerprint density at radius 2 is 1.01 bits per heavy atom. The largest absolute Gasteiger partial charge is 0.427 e. The van der Waals surface area contributed by atoms with E-state index in [1.165, 1.54) is 62.8 Å². The number of carbonyl (C=O) groups excluding carboxylic acids is 2. The predicted octanol–water partition coefficient (Wildman–Crippen LogP) is 12.5. The van der Waals surface area contributed by atoms with Gasteiger partial charge in [0.2, 0.25) is 11.9 Å². The Hall–Kier alpha value is -6.59. The molecule has 0 bridgehead atoms. The van der Waals surface area contributed by atoms with Crippen molar-refractivity contribution >= 4 is 58.2 Å². The lowest BCUT2D eigenvalue weighted by Gasteiger charge is -2.28. The number of nitrogens with one attached hydrogen (secondary N) is 6. The number of carbonyl (C=O) groups is 2. The van der Waals surface area contributed by atoms with Crippen LogP contribution in [0.25, 0.3) is 0 Å². The highest BCUT2D eigenvalue weighted by atomic mass is 35.5. The third-order valence-corrected chi connectivity index (χ3v) is 13.3. The van der Waals surface area contributed by atoms with Gasteiger partial charge >= 0.3 is 11.4 Å². The third kappa shape index (κ3) is 17.3. The molecule has 380 valence electrons. The van der Waals surface area contributed by atoms with Crippen LogP contribution in [0.15, 0.2) is 97.3 Å². The lowest BCUT2D eigenvalue weighted by Crippen LogP contribution is -2.33. The molecular weight excluding hydrogens is 918 g/mol. The Labute approximate surface area is 423 Å². The summed E-state index contributed by atoms with van der Waals surface area (Å²) in [6.07, 6.45) is 22.4. The van der Waals surface area contributed by atoms with Gasteiger partial charge in [0, 0.05) is 83.9 Å². The summed E-state index contributed by atoms with van der Waals surface area (Å²) >= 11 is 4.95. The average molecular weight is 991 g/mol. The van der Waals surface area contributed by atoms with Crippen LogP contribution >= 0.6 is 11.6 Å². The van der Waals surface area contributed by atoms with E-state index in [1.807, 2.05) is 48.5 Å². The first-order valence-corrected chi connectivity index (χ1v) is 24.9. The van der Waals surface area contributed by atoms with E-state index >= 15 is 0 Å². The van der Waals surface area contributed by atoms with Crippen molar-refractivity contribution in [3.05, 3.63) is 109 Å². The van der Waals surface area contributed by atoms with Crippen LogP contribution in [0.2, 0.25) is 0 Å². The number of benzene rings is 2. The number of nitrogens with zero attached hydrogens (tertiary/aromatic N) is 6. The van der Waals surface area contributed by atoms with Gasteiger partial charge in [-0.15, -0.1) is 0 Å². The molecule has 4 aromatic heterocycles. The molecule has 0 amide bonds. The average Bonchev–Trinajstić information content (AvgIpc) is 4.22. The van der Waals surface area contributed by atoms with Gasteiger partial charge in [0.05, 0.1) is 0 Å². The molecule has 0 aliphatic heterocycles. The lowest BCUT2D eigenvalue weighted by molar-refractivity contribution is -0.135. The molecule has 4 heterocycles. The van der Waals surface area contributed by atoms with Gasteiger partial charge in [0.1, 0.15) is 23.1 Å². The molecule has 0 spiro atoms. The van der Waals surface area contributed by atoms with Gasteiger partial charge in [0.25, 0.3) is 0 Å². The fourth-order valence-electron chi connectivity index (χ4n) is 9.57. The van der Waals surface area contributed by atoms with Crippen LogP contribution in [0.3, 0.4) is 0 Å². The minimum Gasteiger partial charge on any atom is -0.427 e. The number of aromatic nitrogens is 8. The number of esters is 1. The molecule has 8 N–H and O–H groups in total. The summed E-state index contributed by atoms with van der Waals surface area (Å²) in [5.74, 6) is 6.86. The van der Waals surface area contributed by atoms with E-state index in [0.717, 1.165) is 74.6 Å². The normalized spacial score (nSPS) is 19.7. The van der Waals surface area contributed by atoms with Crippen molar-refractivity contribution in [2.75, 3.05) is 21.3 Å². The van der Waals surface area contributed by atoms with Crippen molar-refractivity contribution in [1.29, 1.82) is 0 Å².